The van der Waals surface area contributed by atoms with Crippen molar-refractivity contribution in [2.24, 2.45) is 5.92 Å². The lowest BCUT2D eigenvalue weighted by molar-refractivity contribution is -0.119. The summed E-state index contributed by atoms with van der Waals surface area (Å²) in [6.45, 7) is 0. The molecule has 7 heteroatoms. The second-order valence-electron chi connectivity index (χ2n) is 4.86. The van der Waals surface area contributed by atoms with E-state index in [9.17, 15) is 18.0 Å². The van der Waals surface area contributed by atoms with Crippen molar-refractivity contribution in [1.82, 2.24) is 0 Å². The molecule has 0 spiro atoms. The zero-order valence-corrected chi connectivity index (χ0v) is 12.4. The first kappa shape index (κ1) is 15.0. The maximum atomic E-state index is 12.0. The number of hydrogen-bond acceptors (Lipinski definition) is 4. The van der Waals surface area contributed by atoms with Gasteiger partial charge in [-0.05, 0) is 37.1 Å². The minimum atomic E-state index is -3.36. The van der Waals surface area contributed by atoms with Crippen LogP contribution < -0.4 is 4.72 Å². The van der Waals surface area contributed by atoms with Crippen molar-refractivity contribution in [3.63, 3.8) is 0 Å². The van der Waals surface area contributed by atoms with Crippen molar-refractivity contribution in [3.05, 3.63) is 29.8 Å². The van der Waals surface area contributed by atoms with Crippen LogP contribution in [-0.4, -0.2) is 31.6 Å². The minimum Gasteiger partial charge on any atom is -0.297 e. The van der Waals surface area contributed by atoms with Gasteiger partial charge in [0.15, 0.2) is 16.9 Å². The standard InChI is InChI=1S/C13H14ClNO4S/c1-20(18,19)15-10-6-4-9(5-7-10)13(17)11(14)12(16)8-2-3-8/h4-8,11,15H,2-3H2,1H3. The molecule has 2 rings (SSSR count). The molecule has 1 fully saturated rings. The van der Waals surface area contributed by atoms with Crippen LogP contribution in [0.3, 0.4) is 0 Å². The number of anilines is 1. The van der Waals surface area contributed by atoms with Crippen LogP contribution in [0, 0.1) is 5.92 Å². The third kappa shape index (κ3) is 3.80. The van der Waals surface area contributed by atoms with Gasteiger partial charge in [0.1, 0.15) is 0 Å². The normalized spacial score (nSPS) is 16.5. The predicted octanol–water partition coefficient (Wildman–Crippen LogP) is 1.83. The van der Waals surface area contributed by atoms with E-state index in [4.69, 9.17) is 11.6 Å². The molecule has 1 N–H and O–H groups in total. The first-order valence-electron chi connectivity index (χ1n) is 6.08. The molecule has 1 atom stereocenters. The SMILES string of the molecule is CS(=O)(=O)Nc1ccc(C(=O)C(Cl)C(=O)C2CC2)cc1. The maximum absolute atomic E-state index is 12.0. The van der Waals surface area contributed by atoms with Crippen LogP contribution in [-0.2, 0) is 14.8 Å². The number of carbonyl (C=O) groups excluding carboxylic acids is 2. The zero-order valence-electron chi connectivity index (χ0n) is 10.8. The van der Waals surface area contributed by atoms with Gasteiger partial charge in [-0.2, -0.15) is 0 Å². The lowest BCUT2D eigenvalue weighted by Crippen LogP contribution is -2.26. The summed E-state index contributed by atoms with van der Waals surface area (Å²) in [6.07, 6.45) is 2.63. The maximum Gasteiger partial charge on any atom is 0.229 e. The Bertz CT molecular complexity index is 635. The van der Waals surface area contributed by atoms with E-state index in [2.05, 4.69) is 4.72 Å². The third-order valence-electron chi connectivity index (χ3n) is 2.93. The first-order valence-corrected chi connectivity index (χ1v) is 8.40. The van der Waals surface area contributed by atoms with Gasteiger partial charge in [0.05, 0.1) is 6.26 Å². The largest absolute Gasteiger partial charge is 0.297 e. The number of sulfonamides is 1. The average molecular weight is 316 g/mol. The highest BCUT2D eigenvalue weighted by Gasteiger charge is 2.37. The Morgan fingerprint density at radius 1 is 1.25 bits per heavy atom. The van der Waals surface area contributed by atoms with Gasteiger partial charge in [-0.15, -0.1) is 11.6 Å². The molecule has 0 aromatic heterocycles. The van der Waals surface area contributed by atoms with Gasteiger partial charge in [0.25, 0.3) is 0 Å². The van der Waals surface area contributed by atoms with Crippen LogP contribution in [0.1, 0.15) is 23.2 Å². The highest BCUT2D eigenvalue weighted by molar-refractivity contribution is 7.92. The Morgan fingerprint density at radius 2 is 1.80 bits per heavy atom. The first-order chi connectivity index (χ1) is 9.28. The Labute approximate surface area is 122 Å². The van der Waals surface area contributed by atoms with Gasteiger partial charge in [-0.3, -0.25) is 14.3 Å². The van der Waals surface area contributed by atoms with Gasteiger partial charge in [-0.1, -0.05) is 0 Å². The summed E-state index contributed by atoms with van der Waals surface area (Å²) in [5.74, 6) is -0.753. The molecule has 1 aromatic carbocycles. The number of alkyl halides is 1. The predicted molar refractivity (Wildman–Crippen MR) is 76.6 cm³/mol. The summed E-state index contributed by atoms with van der Waals surface area (Å²) >= 11 is 5.89. The fourth-order valence-electron chi connectivity index (χ4n) is 1.77. The molecule has 1 aliphatic rings. The monoisotopic (exact) mass is 315 g/mol. The minimum absolute atomic E-state index is 0.0763. The van der Waals surface area contributed by atoms with Crippen LogP contribution in [0.4, 0.5) is 5.69 Å². The van der Waals surface area contributed by atoms with E-state index in [0.29, 0.717) is 5.69 Å². The zero-order chi connectivity index (χ0) is 14.9. The van der Waals surface area contributed by atoms with E-state index >= 15 is 0 Å². The summed E-state index contributed by atoms with van der Waals surface area (Å²) in [5, 5.41) is -1.16. The van der Waals surface area contributed by atoms with E-state index < -0.39 is 21.2 Å². The van der Waals surface area contributed by atoms with Crippen molar-refractivity contribution in [3.8, 4) is 0 Å². The fourth-order valence-corrected chi connectivity index (χ4v) is 2.64. The highest BCUT2D eigenvalue weighted by atomic mass is 35.5. The quantitative estimate of drug-likeness (QED) is 0.493. The number of halogens is 1. The van der Waals surface area contributed by atoms with Crippen LogP contribution in [0.5, 0.6) is 0 Å². The van der Waals surface area contributed by atoms with Crippen molar-refractivity contribution < 1.29 is 18.0 Å². The Kier molecular flexibility index (Phi) is 4.15. The number of nitrogens with one attached hydrogen (secondary N) is 1. The summed E-state index contributed by atoms with van der Waals surface area (Å²) in [6, 6.07) is 5.82. The molecule has 5 nitrogen and oxygen atoms in total. The topological polar surface area (TPSA) is 80.3 Å². The summed E-state index contributed by atoms with van der Waals surface area (Å²) in [5.41, 5.74) is 0.641. The molecular weight excluding hydrogens is 302 g/mol. The molecule has 1 aliphatic carbocycles. The molecule has 0 bridgehead atoms. The van der Waals surface area contributed by atoms with E-state index in [1.807, 2.05) is 0 Å². The molecule has 0 heterocycles. The number of hydrogen-bond donors (Lipinski definition) is 1. The third-order valence-corrected chi connectivity index (χ3v) is 3.95. The van der Waals surface area contributed by atoms with Crippen molar-refractivity contribution in [2.45, 2.75) is 18.2 Å². The van der Waals surface area contributed by atoms with Crippen LogP contribution in [0.15, 0.2) is 24.3 Å². The Hall–Kier alpha value is -1.40. The Balaban J connectivity index is 2.09. The second-order valence-corrected chi connectivity index (χ2v) is 7.04. The molecule has 0 radical (unpaired) electrons. The van der Waals surface area contributed by atoms with Gasteiger partial charge in [0, 0.05) is 17.2 Å². The van der Waals surface area contributed by atoms with E-state index in [-0.39, 0.29) is 17.3 Å². The molecule has 1 aromatic rings. The fraction of sp³-hybridized carbons (Fsp3) is 0.385. The summed E-state index contributed by atoms with van der Waals surface area (Å²) in [7, 11) is -3.36. The van der Waals surface area contributed by atoms with Crippen molar-refractivity contribution in [2.75, 3.05) is 11.0 Å². The smallest absolute Gasteiger partial charge is 0.229 e. The molecule has 20 heavy (non-hydrogen) atoms. The second kappa shape index (κ2) is 5.54. The van der Waals surface area contributed by atoms with Gasteiger partial charge in [0.2, 0.25) is 10.0 Å². The van der Waals surface area contributed by atoms with Crippen LogP contribution >= 0.6 is 11.6 Å². The number of ketones is 2. The molecular formula is C13H14ClNO4S. The van der Waals surface area contributed by atoms with Gasteiger partial charge in [-0.25, -0.2) is 8.42 Å². The lowest BCUT2D eigenvalue weighted by Gasteiger charge is -2.08. The van der Waals surface area contributed by atoms with E-state index in [1.165, 1.54) is 24.3 Å². The highest BCUT2D eigenvalue weighted by Crippen LogP contribution is 2.32. The molecule has 1 saturated carbocycles. The van der Waals surface area contributed by atoms with Crippen molar-refractivity contribution >= 4 is 38.9 Å². The van der Waals surface area contributed by atoms with Crippen LogP contribution in [0.2, 0.25) is 0 Å². The molecule has 1 unspecified atom stereocenters. The van der Waals surface area contributed by atoms with Gasteiger partial charge < -0.3 is 0 Å². The summed E-state index contributed by atoms with van der Waals surface area (Å²) < 4.78 is 24.4. The number of Topliss-reactive ketones (excluding diaryl/α,β-unsaturated/α-hetero) is 2. The van der Waals surface area contributed by atoms with Crippen LogP contribution in [0.25, 0.3) is 0 Å². The van der Waals surface area contributed by atoms with Gasteiger partial charge >= 0.3 is 0 Å². The molecule has 0 saturated heterocycles. The molecule has 0 aliphatic heterocycles. The number of benzene rings is 1. The number of carbonyl (C=O) groups is 2. The average Bonchev–Trinajstić information content (AvgIpc) is 3.19. The summed E-state index contributed by atoms with van der Waals surface area (Å²) in [4.78, 5) is 23.8. The molecule has 108 valence electrons. The van der Waals surface area contributed by atoms with Crippen molar-refractivity contribution in [1.29, 1.82) is 0 Å². The van der Waals surface area contributed by atoms with E-state index in [0.717, 1.165) is 19.1 Å². The van der Waals surface area contributed by atoms with E-state index in [1.54, 1.807) is 0 Å². The molecule has 0 amide bonds. The number of rotatable bonds is 6. The lowest BCUT2D eigenvalue weighted by atomic mass is 10.0. The Morgan fingerprint density at radius 3 is 2.25 bits per heavy atom.